The van der Waals surface area contributed by atoms with Crippen molar-refractivity contribution in [3.8, 4) is 0 Å². The van der Waals surface area contributed by atoms with E-state index in [4.69, 9.17) is 16.6 Å². The van der Waals surface area contributed by atoms with E-state index in [2.05, 4.69) is 37.4 Å². The molecule has 2 aromatic carbocycles. The van der Waals surface area contributed by atoms with Crippen LogP contribution < -0.4 is 10.6 Å². The molecular formula is C33H42ClFN6O3. The van der Waals surface area contributed by atoms with Gasteiger partial charge in [-0.15, -0.1) is 0 Å². The zero-order chi connectivity index (χ0) is 31.6. The molecule has 2 N–H and O–H groups in total. The predicted molar refractivity (Wildman–Crippen MR) is 171 cm³/mol. The predicted octanol–water partition coefficient (Wildman–Crippen LogP) is 7.09. The summed E-state index contributed by atoms with van der Waals surface area (Å²) in [6, 6.07) is 10.2. The number of aromatic nitrogens is 2. The Morgan fingerprint density at radius 1 is 1.07 bits per heavy atom. The minimum atomic E-state index is -0.588. The summed E-state index contributed by atoms with van der Waals surface area (Å²) in [5, 5.41) is 9.23. The highest BCUT2D eigenvalue weighted by Crippen LogP contribution is 2.38. The second kappa shape index (κ2) is 13.3. The van der Waals surface area contributed by atoms with Gasteiger partial charge in [-0.2, -0.15) is 4.91 Å². The Hall–Kier alpha value is -3.37. The van der Waals surface area contributed by atoms with Crippen molar-refractivity contribution < 1.29 is 14.0 Å². The van der Waals surface area contributed by atoms with E-state index in [1.165, 1.54) is 18.2 Å². The number of hydrogen-bond acceptors (Lipinski definition) is 6. The van der Waals surface area contributed by atoms with Crippen LogP contribution in [-0.4, -0.2) is 50.9 Å². The van der Waals surface area contributed by atoms with Gasteiger partial charge in [-0.25, -0.2) is 9.37 Å². The number of halogens is 2. The normalized spacial score (nSPS) is 20.2. The lowest BCUT2D eigenvalue weighted by Gasteiger charge is -2.36. The number of amides is 2. The number of piperidine rings is 1. The van der Waals surface area contributed by atoms with Gasteiger partial charge in [-0.05, 0) is 121 Å². The van der Waals surface area contributed by atoms with Crippen molar-refractivity contribution in [1.29, 1.82) is 0 Å². The van der Waals surface area contributed by atoms with Crippen LogP contribution in [0.5, 0.6) is 0 Å². The van der Waals surface area contributed by atoms with Crippen LogP contribution >= 0.6 is 11.6 Å². The Kier molecular flexibility index (Phi) is 9.70. The van der Waals surface area contributed by atoms with Crippen molar-refractivity contribution in [3.63, 3.8) is 0 Å². The Bertz CT molecular complexity index is 1520. The van der Waals surface area contributed by atoms with Crippen molar-refractivity contribution in [2.75, 3.05) is 18.4 Å². The molecule has 3 aromatic rings. The Balaban J connectivity index is 1.40. The molecule has 2 aliphatic rings. The molecule has 0 bridgehead atoms. The minimum Gasteiger partial charge on any atom is -0.354 e. The van der Waals surface area contributed by atoms with E-state index < -0.39 is 17.3 Å². The van der Waals surface area contributed by atoms with Crippen LogP contribution in [-0.2, 0) is 11.3 Å². The molecule has 1 aromatic heterocycles. The lowest BCUT2D eigenvalue weighted by molar-refractivity contribution is -0.126. The van der Waals surface area contributed by atoms with Crippen molar-refractivity contribution >= 4 is 40.4 Å². The maximum atomic E-state index is 13.8. The first-order valence-corrected chi connectivity index (χ1v) is 16.0. The van der Waals surface area contributed by atoms with Gasteiger partial charge in [0.2, 0.25) is 11.9 Å². The largest absolute Gasteiger partial charge is 0.354 e. The number of nitroso groups, excluding NO2 is 1. The summed E-state index contributed by atoms with van der Waals surface area (Å²) in [6.07, 6.45) is 4.87. The number of fused-ring (bicyclic) bond motifs is 1. The van der Waals surface area contributed by atoms with E-state index in [1.807, 2.05) is 33.8 Å². The summed E-state index contributed by atoms with van der Waals surface area (Å²) in [5.74, 6) is -0.268. The number of carbonyl (C=O) groups is 2. The lowest BCUT2D eigenvalue weighted by atomic mass is 9.81. The third-order valence-corrected chi connectivity index (χ3v) is 9.54. The molecule has 2 amide bonds. The topological polar surface area (TPSA) is 109 Å². The highest BCUT2D eigenvalue weighted by Gasteiger charge is 2.34. The molecule has 0 unspecified atom stereocenters. The van der Waals surface area contributed by atoms with Crippen LogP contribution in [0.1, 0.15) is 88.2 Å². The second-order valence-electron chi connectivity index (χ2n) is 13.2. The first-order valence-electron chi connectivity index (χ1n) is 15.6. The molecular weight excluding hydrogens is 583 g/mol. The first kappa shape index (κ1) is 32.0. The van der Waals surface area contributed by atoms with E-state index >= 15 is 0 Å². The maximum Gasteiger partial charge on any atom is 0.258 e. The van der Waals surface area contributed by atoms with Crippen LogP contribution in [0.3, 0.4) is 0 Å². The average molecular weight is 625 g/mol. The van der Waals surface area contributed by atoms with Gasteiger partial charge in [0.15, 0.2) is 0 Å². The monoisotopic (exact) mass is 624 g/mol. The molecule has 1 saturated heterocycles. The SMILES string of the molecule is CC(C)NC(=O)C1CCC(n2c(NC(=O)c3ccc(F)c(Cl)c3)nc3ccc(CN4CCC(C(C)(C)N=O)CC4)cc32)CC1. The van der Waals surface area contributed by atoms with Gasteiger partial charge in [0, 0.05) is 30.1 Å². The van der Waals surface area contributed by atoms with Crippen molar-refractivity contribution in [3.05, 3.63) is 63.3 Å². The first-order chi connectivity index (χ1) is 20.9. The van der Waals surface area contributed by atoms with E-state index in [0.717, 1.165) is 74.8 Å². The number of nitrogens with zero attached hydrogens (tertiary/aromatic N) is 4. The van der Waals surface area contributed by atoms with Gasteiger partial charge in [0.05, 0.1) is 21.6 Å². The second-order valence-corrected chi connectivity index (χ2v) is 13.6. The minimum absolute atomic E-state index is 0.0410. The number of benzene rings is 2. The van der Waals surface area contributed by atoms with Gasteiger partial charge >= 0.3 is 0 Å². The number of anilines is 1. The summed E-state index contributed by atoms with van der Waals surface area (Å²) in [4.78, 5) is 44.5. The van der Waals surface area contributed by atoms with Crippen molar-refractivity contribution in [2.24, 2.45) is 17.0 Å². The highest BCUT2D eigenvalue weighted by atomic mass is 35.5. The standard InChI is InChI=1S/C33H42ClFN6O3/c1-20(2)36-30(42)22-6-9-25(10-7-22)41-29-17-21(19-40-15-13-24(14-16-40)33(3,4)39-44)5-12-28(29)37-32(41)38-31(43)23-8-11-27(35)26(34)18-23/h5,8,11-12,17-18,20,22,24-25H,6-7,9-10,13-16,19H2,1-4H3,(H,36,42)(H,37,38,43). The Morgan fingerprint density at radius 3 is 2.41 bits per heavy atom. The average Bonchev–Trinajstić information content (AvgIpc) is 3.35. The van der Waals surface area contributed by atoms with Crippen LogP contribution in [0.2, 0.25) is 5.02 Å². The van der Waals surface area contributed by atoms with Gasteiger partial charge < -0.3 is 9.88 Å². The molecule has 9 nitrogen and oxygen atoms in total. The third kappa shape index (κ3) is 7.12. The zero-order valence-corrected chi connectivity index (χ0v) is 26.7. The fourth-order valence-corrected chi connectivity index (χ4v) is 6.82. The van der Waals surface area contributed by atoms with Crippen LogP contribution in [0.25, 0.3) is 11.0 Å². The molecule has 236 valence electrons. The number of carbonyl (C=O) groups excluding carboxylic acids is 2. The van der Waals surface area contributed by atoms with Gasteiger partial charge in [-0.1, -0.05) is 22.8 Å². The molecule has 44 heavy (non-hydrogen) atoms. The van der Waals surface area contributed by atoms with E-state index in [-0.39, 0.29) is 40.4 Å². The van der Waals surface area contributed by atoms with Crippen LogP contribution in [0.4, 0.5) is 10.3 Å². The van der Waals surface area contributed by atoms with Crippen molar-refractivity contribution in [2.45, 2.75) is 90.4 Å². The number of likely N-dealkylation sites (tertiary alicyclic amines) is 1. The fourth-order valence-electron chi connectivity index (χ4n) is 6.63. The molecule has 0 spiro atoms. The van der Waals surface area contributed by atoms with Gasteiger partial charge in [0.25, 0.3) is 5.91 Å². The van der Waals surface area contributed by atoms with Crippen molar-refractivity contribution in [1.82, 2.24) is 19.8 Å². The number of rotatable bonds is 9. The van der Waals surface area contributed by atoms with Crippen LogP contribution in [0.15, 0.2) is 41.6 Å². The fraction of sp³-hybridized carbons (Fsp3) is 0.545. The molecule has 1 aliphatic carbocycles. The zero-order valence-electron chi connectivity index (χ0n) is 25.9. The Labute approximate surface area is 262 Å². The summed E-state index contributed by atoms with van der Waals surface area (Å²) in [6.45, 7) is 10.3. The molecule has 0 atom stereocenters. The van der Waals surface area contributed by atoms with E-state index in [1.54, 1.807) is 0 Å². The molecule has 1 saturated carbocycles. The number of hydrogen-bond donors (Lipinski definition) is 2. The quantitative estimate of drug-likeness (QED) is 0.247. The van der Waals surface area contributed by atoms with Gasteiger partial charge in [0.1, 0.15) is 5.82 Å². The molecule has 0 radical (unpaired) electrons. The summed E-state index contributed by atoms with van der Waals surface area (Å²) in [5.41, 5.74) is 2.51. The third-order valence-electron chi connectivity index (χ3n) is 9.25. The lowest BCUT2D eigenvalue weighted by Crippen LogP contribution is -2.40. The summed E-state index contributed by atoms with van der Waals surface area (Å²) in [7, 11) is 0. The van der Waals surface area contributed by atoms with Crippen LogP contribution in [0, 0.1) is 22.6 Å². The molecule has 1 aliphatic heterocycles. The van der Waals surface area contributed by atoms with E-state index in [9.17, 15) is 18.9 Å². The number of imidazole rings is 1. The molecule has 11 heteroatoms. The van der Waals surface area contributed by atoms with Gasteiger partial charge in [-0.3, -0.25) is 19.8 Å². The summed E-state index contributed by atoms with van der Waals surface area (Å²) < 4.78 is 15.9. The maximum absolute atomic E-state index is 13.8. The summed E-state index contributed by atoms with van der Waals surface area (Å²) >= 11 is 5.95. The number of nitrogens with one attached hydrogen (secondary N) is 2. The molecule has 2 heterocycles. The van der Waals surface area contributed by atoms with E-state index in [0.29, 0.717) is 5.95 Å². The smallest absolute Gasteiger partial charge is 0.258 e. The highest BCUT2D eigenvalue weighted by molar-refractivity contribution is 6.31. The Morgan fingerprint density at radius 2 is 1.77 bits per heavy atom. The molecule has 5 rings (SSSR count). The molecule has 2 fully saturated rings.